The Morgan fingerprint density at radius 3 is 3.07 bits per heavy atom. The predicted octanol–water partition coefficient (Wildman–Crippen LogP) is -0.140. The van der Waals surface area contributed by atoms with Gasteiger partial charge < -0.3 is 15.5 Å². The van der Waals surface area contributed by atoms with Crippen molar-refractivity contribution in [2.45, 2.75) is 6.92 Å². The van der Waals surface area contributed by atoms with Crippen LogP contribution in [0.3, 0.4) is 0 Å². The summed E-state index contributed by atoms with van der Waals surface area (Å²) in [5.41, 5.74) is 6.21. The Balaban J connectivity index is 2.60. The minimum absolute atomic E-state index is 0.0147. The number of aromatic amines is 1. The first-order valence-electron chi connectivity index (χ1n) is 3.82. The highest BCUT2D eigenvalue weighted by molar-refractivity contribution is 5.80. The molecule has 2 aromatic heterocycles. The highest BCUT2D eigenvalue weighted by Gasteiger charge is 2.10. The van der Waals surface area contributed by atoms with Crippen LogP contribution in [0.1, 0.15) is 6.92 Å². The summed E-state index contributed by atoms with van der Waals surface area (Å²) in [6.07, 6.45) is 1.42. The summed E-state index contributed by atoms with van der Waals surface area (Å²) in [7, 11) is 0. The molecule has 0 aliphatic carbocycles. The van der Waals surface area contributed by atoms with Crippen molar-refractivity contribution in [2.24, 2.45) is 0 Å². The lowest BCUT2D eigenvalue weighted by atomic mass is 10.5. The smallest absolute Gasteiger partial charge is 0.309 e. The molecule has 0 saturated carbocycles. The number of esters is 1. The fraction of sp³-hybridized carbons (Fsp3) is 0.143. The number of aromatic nitrogens is 4. The molecule has 0 aliphatic heterocycles. The van der Waals surface area contributed by atoms with Crippen LogP contribution in [-0.2, 0) is 4.79 Å². The average molecular weight is 193 g/mol. The third-order valence-electron chi connectivity index (χ3n) is 1.51. The first-order valence-corrected chi connectivity index (χ1v) is 3.82. The van der Waals surface area contributed by atoms with Gasteiger partial charge in [-0.3, -0.25) is 4.79 Å². The van der Waals surface area contributed by atoms with Crippen molar-refractivity contribution in [3.63, 3.8) is 0 Å². The molecule has 0 atom stereocenters. The number of nitrogens with two attached hydrogens (primary N) is 1. The number of carbonyl (C=O) groups excluding carboxylic acids is 1. The summed E-state index contributed by atoms with van der Waals surface area (Å²) >= 11 is 0. The molecule has 0 aliphatic rings. The number of nitrogens with zero attached hydrogens (tertiary/aromatic N) is 3. The molecule has 0 spiro atoms. The van der Waals surface area contributed by atoms with Gasteiger partial charge in [-0.15, -0.1) is 0 Å². The Morgan fingerprint density at radius 1 is 1.57 bits per heavy atom. The van der Waals surface area contributed by atoms with Gasteiger partial charge in [0.05, 0.1) is 6.33 Å². The number of hydrogen-bond acceptors (Lipinski definition) is 6. The predicted molar refractivity (Wildman–Crippen MR) is 47.4 cm³/mol. The van der Waals surface area contributed by atoms with Crippen LogP contribution in [0.25, 0.3) is 11.2 Å². The second-order valence-corrected chi connectivity index (χ2v) is 2.58. The normalized spacial score (nSPS) is 10.4. The molecule has 0 fully saturated rings. The lowest BCUT2D eigenvalue weighted by molar-refractivity contribution is -0.132. The van der Waals surface area contributed by atoms with E-state index in [4.69, 9.17) is 10.5 Å². The van der Waals surface area contributed by atoms with Crippen LogP contribution >= 0.6 is 0 Å². The van der Waals surface area contributed by atoms with E-state index in [9.17, 15) is 4.79 Å². The molecular formula is C7H7N5O2. The molecule has 7 heteroatoms. The van der Waals surface area contributed by atoms with Gasteiger partial charge in [0.15, 0.2) is 5.65 Å². The summed E-state index contributed by atoms with van der Waals surface area (Å²) < 4.78 is 4.83. The maximum absolute atomic E-state index is 10.7. The lowest BCUT2D eigenvalue weighted by Crippen LogP contribution is -2.06. The fourth-order valence-corrected chi connectivity index (χ4v) is 1.03. The van der Waals surface area contributed by atoms with Gasteiger partial charge in [0.2, 0.25) is 5.95 Å². The van der Waals surface area contributed by atoms with Crippen LogP contribution in [0.2, 0.25) is 0 Å². The van der Waals surface area contributed by atoms with Crippen LogP contribution in [0.15, 0.2) is 6.33 Å². The minimum atomic E-state index is -0.473. The van der Waals surface area contributed by atoms with E-state index in [2.05, 4.69) is 19.9 Å². The van der Waals surface area contributed by atoms with Crippen molar-refractivity contribution in [2.75, 3.05) is 5.73 Å². The summed E-state index contributed by atoms with van der Waals surface area (Å²) in [5, 5.41) is 0. The monoisotopic (exact) mass is 193 g/mol. The first-order chi connectivity index (χ1) is 6.66. The highest BCUT2D eigenvalue weighted by Crippen LogP contribution is 2.19. The van der Waals surface area contributed by atoms with E-state index in [1.165, 1.54) is 13.3 Å². The van der Waals surface area contributed by atoms with Crippen LogP contribution in [-0.4, -0.2) is 25.9 Å². The third-order valence-corrected chi connectivity index (χ3v) is 1.51. The zero-order valence-corrected chi connectivity index (χ0v) is 7.31. The number of nitrogen functional groups attached to an aromatic ring is 1. The number of hydrogen-bond donors (Lipinski definition) is 2. The summed E-state index contributed by atoms with van der Waals surface area (Å²) in [6, 6.07) is 0. The van der Waals surface area contributed by atoms with Crippen LogP contribution < -0.4 is 10.5 Å². The quantitative estimate of drug-likeness (QED) is 0.610. The van der Waals surface area contributed by atoms with Crippen molar-refractivity contribution in [1.29, 1.82) is 0 Å². The van der Waals surface area contributed by atoms with E-state index in [0.29, 0.717) is 11.2 Å². The fourth-order valence-electron chi connectivity index (χ4n) is 1.03. The number of imidazole rings is 1. The molecule has 0 saturated heterocycles. The Morgan fingerprint density at radius 2 is 2.36 bits per heavy atom. The minimum Gasteiger partial charge on any atom is -0.405 e. The highest BCUT2D eigenvalue weighted by atomic mass is 16.5. The Labute approximate surface area is 78.3 Å². The standard InChI is InChI=1S/C7H7N5O2/c1-3(13)14-6-4-5(10-2-9-4)11-7(8)12-6/h2H,1H3,(H3,8,9,10,11,12). The summed E-state index contributed by atoms with van der Waals surface area (Å²) in [4.78, 5) is 25.0. The molecule has 14 heavy (non-hydrogen) atoms. The lowest BCUT2D eigenvalue weighted by Gasteiger charge is -2.00. The number of fused-ring (bicyclic) bond motifs is 1. The number of nitrogens with one attached hydrogen (secondary N) is 1. The van der Waals surface area contributed by atoms with Crippen molar-refractivity contribution in [1.82, 2.24) is 19.9 Å². The maximum atomic E-state index is 10.7. The second-order valence-electron chi connectivity index (χ2n) is 2.58. The Kier molecular flexibility index (Phi) is 1.77. The van der Waals surface area contributed by atoms with Crippen LogP contribution in [0.4, 0.5) is 5.95 Å². The zero-order valence-electron chi connectivity index (χ0n) is 7.31. The number of carbonyl (C=O) groups is 1. The van der Waals surface area contributed by atoms with Crippen molar-refractivity contribution in [3.05, 3.63) is 6.33 Å². The average Bonchev–Trinajstić information content (AvgIpc) is 2.50. The van der Waals surface area contributed by atoms with E-state index < -0.39 is 5.97 Å². The van der Waals surface area contributed by atoms with Gasteiger partial charge in [0.25, 0.3) is 5.88 Å². The van der Waals surface area contributed by atoms with E-state index in [-0.39, 0.29) is 11.8 Å². The number of rotatable bonds is 1. The third kappa shape index (κ3) is 1.35. The molecule has 0 bridgehead atoms. The zero-order chi connectivity index (χ0) is 10.1. The van der Waals surface area contributed by atoms with Crippen molar-refractivity contribution in [3.8, 4) is 5.88 Å². The molecule has 0 aromatic carbocycles. The van der Waals surface area contributed by atoms with Crippen molar-refractivity contribution < 1.29 is 9.53 Å². The van der Waals surface area contributed by atoms with Crippen LogP contribution in [0, 0.1) is 0 Å². The van der Waals surface area contributed by atoms with Gasteiger partial charge in [-0.25, -0.2) is 4.98 Å². The van der Waals surface area contributed by atoms with E-state index in [1.54, 1.807) is 0 Å². The molecule has 72 valence electrons. The molecule has 0 unspecified atom stereocenters. The Bertz CT molecular complexity index is 492. The van der Waals surface area contributed by atoms with E-state index in [1.807, 2.05) is 0 Å². The number of H-pyrrole nitrogens is 1. The van der Waals surface area contributed by atoms with Gasteiger partial charge in [-0.1, -0.05) is 0 Å². The first kappa shape index (κ1) is 8.42. The van der Waals surface area contributed by atoms with Gasteiger partial charge in [-0.05, 0) is 0 Å². The second kappa shape index (κ2) is 2.95. The number of ether oxygens (including phenoxy) is 1. The molecule has 0 radical (unpaired) electrons. The molecular weight excluding hydrogens is 186 g/mol. The molecule has 3 N–H and O–H groups in total. The molecule has 2 heterocycles. The van der Waals surface area contributed by atoms with Crippen molar-refractivity contribution >= 4 is 23.1 Å². The summed E-state index contributed by atoms with van der Waals surface area (Å²) in [5.74, 6) is -0.364. The van der Waals surface area contributed by atoms with Gasteiger partial charge in [0, 0.05) is 6.92 Å². The van der Waals surface area contributed by atoms with E-state index in [0.717, 1.165) is 0 Å². The molecule has 2 aromatic rings. The molecule has 2 rings (SSSR count). The summed E-state index contributed by atoms with van der Waals surface area (Å²) in [6.45, 7) is 1.28. The van der Waals surface area contributed by atoms with Gasteiger partial charge >= 0.3 is 5.97 Å². The maximum Gasteiger partial charge on any atom is 0.309 e. The largest absolute Gasteiger partial charge is 0.405 e. The van der Waals surface area contributed by atoms with Gasteiger partial charge in [-0.2, -0.15) is 9.97 Å². The van der Waals surface area contributed by atoms with Gasteiger partial charge in [0.1, 0.15) is 5.52 Å². The topological polar surface area (TPSA) is 107 Å². The molecule has 7 nitrogen and oxygen atoms in total. The Hall–Kier alpha value is -2.18. The number of anilines is 1. The van der Waals surface area contributed by atoms with E-state index >= 15 is 0 Å². The van der Waals surface area contributed by atoms with Crippen LogP contribution in [0.5, 0.6) is 5.88 Å². The SMILES string of the molecule is CC(=O)Oc1nc(N)nc2nc[nH]c12. The molecule has 0 amide bonds.